The van der Waals surface area contributed by atoms with E-state index in [4.69, 9.17) is 25.8 Å². The average molecular weight is 531 g/mol. The van der Waals surface area contributed by atoms with Crippen LogP contribution in [0.3, 0.4) is 0 Å². The number of fused-ring (bicyclic) bond motifs is 1. The van der Waals surface area contributed by atoms with Crippen LogP contribution in [0.5, 0.6) is 5.75 Å². The van der Waals surface area contributed by atoms with Gasteiger partial charge in [-0.25, -0.2) is 4.39 Å². The SMILES string of the molecule is OC[C@H]1O[C@@H](c2ccc(Cl)c(Cc3ccc(OCC4OCc5cccc(F)c54)cc3)c2)[C@H](O)[C@@H](O)[C@@H]1O. The van der Waals surface area contributed by atoms with E-state index in [1.54, 1.807) is 24.3 Å². The Morgan fingerprint density at radius 3 is 2.51 bits per heavy atom. The predicted molar refractivity (Wildman–Crippen MR) is 133 cm³/mol. The van der Waals surface area contributed by atoms with Gasteiger partial charge in [-0.1, -0.05) is 48.0 Å². The van der Waals surface area contributed by atoms with E-state index in [9.17, 15) is 24.8 Å². The Labute approximate surface area is 218 Å². The van der Waals surface area contributed by atoms with Crippen molar-refractivity contribution in [1.82, 2.24) is 0 Å². The number of ether oxygens (including phenoxy) is 3. The molecule has 1 unspecified atom stereocenters. The zero-order valence-electron chi connectivity index (χ0n) is 19.8. The third-order valence-electron chi connectivity index (χ3n) is 6.92. The molecule has 1 saturated heterocycles. The Balaban J connectivity index is 1.25. The third kappa shape index (κ3) is 5.37. The normalized spacial score (nSPS) is 27.2. The van der Waals surface area contributed by atoms with Crippen molar-refractivity contribution in [2.24, 2.45) is 0 Å². The highest BCUT2D eigenvalue weighted by molar-refractivity contribution is 6.31. The molecule has 2 heterocycles. The van der Waals surface area contributed by atoms with Gasteiger partial charge in [0.2, 0.25) is 0 Å². The lowest BCUT2D eigenvalue weighted by molar-refractivity contribution is -0.231. The molecule has 6 atom stereocenters. The molecule has 3 aromatic rings. The standard InChI is InChI=1S/C28H28ClFO7/c29-20-9-6-16(28-27(34)26(33)25(32)22(12-31)37-28)11-18(20)10-15-4-7-19(8-5-15)35-14-23-24-17(13-36-23)2-1-3-21(24)30/h1-9,11,22-23,25-28,31-34H,10,12-14H2/t22-,23?,25-,26+,27-,28+/m1/s1. The lowest BCUT2D eigenvalue weighted by Crippen LogP contribution is -2.55. The maximum Gasteiger partial charge on any atom is 0.129 e. The summed E-state index contributed by atoms with van der Waals surface area (Å²) in [6.45, 7) is 0.0634. The zero-order chi connectivity index (χ0) is 26.1. The Hall–Kier alpha value is -2.56. The van der Waals surface area contributed by atoms with Crippen molar-refractivity contribution in [2.75, 3.05) is 13.2 Å². The topological polar surface area (TPSA) is 109 Å². The summed E-state index contributed by atoms with van der Waals surface area (Å²) in [5.74, 6) is 0.333. The van der Waals surface area contributed by atoms with Gasteiger partial charge < -0.3 is 34.6 Å². The molecule has 2 aliphatic rings. The Kier molecular flexibility index (Phi) is 7.78. The van der Waals surface area contributed by atoms with Gasteiger partial charge in [0.25, 0.3) is 0 Å². The van der Waals surface area contributed by atoms with Gasteiger partial charge in [0.1, 0.15) is 54.8 Å². The van der Waals surface area contributed by atoms with E-state index < -0.39 is 43.2 Å². The van der Waals surface area contributed by atoms with Crippen LogP contribution >= 0.6 is 11.6 Å². The highest BCUT2D eigenvalue weighted by atomic mass is 35.5. The summed E-state index contributed by atoms with van der Waals surface area (Å²) in [7, 11) is 0. The van der Waals surface area contributed by atoms with Crippen LogP contribution in [-0.4, -0.2) is 58.1 Å². The monoisotopic (exact) mass is 530 g/mol. The number of aliphatic hydroxyl groups is 4. The van der Waals surface area contributed by atoms with Crippen molar-refractivity contribution in [3.63, 3.8) is 0 Å². The van der Waals surface area contributed by atoms with E-state index in [-0.39, 0.29) is 12.4 Å². The molecule has 5 rings (SSSR count). The van der Waals surface area contributed by atoms with Gasteiger partial charge in [0.15, 0.2) is 0 Å². The van der Waals surface area contributed by atoms with Crippen LogP contribution in [0.1, 0.15) is 40.0 Å². The Bertz CT molecular complexity index is 1240. The molecule has 0 radical (unpaired) electrons. The van der Waals surface area contributed by atoms with Crippen LogP contribution in [0, 0.1) is 5.82 Å². The van der Waals surface area contributed by atoms with Gasteiger partial charge in [-0.05, 0) is 52.9 Å². The minimum absolute atomic E-state index is 0.195. The maximum absolute atomic E-state index is 14.2. The fourth-order valence-corrected chi connectivity index (χ4v) is 5.04. The van der Waals surface area contributed by atoms with Crippen molar-refractivity contribution < 1.29 is 39.0 Å². The van der Waals surface area contributed by atoms with E-state index >= 15 is 0 Å². The molecule has 7 nitrogen and oxygen atoms in total. The first-order valence-corrected chi connectivity index (χ1v) is 12.4. The van der Waals surface area contributed by atoms with Crippen LogP contribution in [0.4, 0.5) is 4.39 Å². The summed E-state index contributed by atoms with van der Waals surface area (Å²) in [6.07, 6.45) is -6.15. The van der Waals surface area contributed by atoms with E-state index in [1.807, 2.05) is 30.3 Å². The van der Waals surface area contributed by atoms with Gasteiger partial charge in [-0.3, -0.25) is 0 Å². The first-order chi connectivity index (χ1) is 17.9. The highest BCUT2D eigenvalue weighted by Crippen LogP contribution is 2.35. The number of benzene rings is 3. The van der Waals surface area contributed by atoms with E-state index in [0.29, 0.717) is 34.9 Å². The minimum atomic E-state index is -1.46. The second-order valence-corrected chi connectivity index (χ2v) is 9.75. The van der Waals surface area contributed by atoms with Gasteiger partial charge in [0, 0.05) is 10.6 Å². The molecule has 0 aliphatic carbocycles. The van der Waals surface area contributed by atoms with Gasteiger partial charge in [-0.15, -0.1) is 0 Å². The molecule has 196 valence electrons. The lowest BCUT2D eigenvalue weighted by atomic mass is 9.90. The summed E-state index contributed by atoms with van der Waals surface area (Å²) in [5, 5.41) is 40.6. The molecule has 4 N–H and O–H groups in total. The smallest absolute Gasteiger partial charge is 0.129 e. The van der Waals surface area contributed by atoms with Gasteiger partial charge >= 0.3 is 0 Å². The van der Waals surface area contributed by atoms with Crippen molar-refractivity contribution in [3.05, 3.63) is 99.3 Å². The molecule has 0 bridgehead atoms. The van der Waals surface area contributed by atoms with Crippen molar-refractivity contribution >= 4 is 11.6 Å². The summed E-state index contributed by atoms with van der Waals surface area (Å²) < 4.78 is 31.4. The quantitative estimate of drug-likeness (QED) is 0.371. The third-order valence-corrected chi connectivity index (χ3v) is 7.28. The van der Waals surface area contributed by atoms with Crippen LogP contribution in [-0.2, 0) is 22.5 Å². The van der Waals surface area contributed by atoms with E-state index in [2.05, 4.69) is 0 Å². The number of hydrogen-bond acceptors (Lipinski definition) is 7. The maximum atomic E-state index is 14.2. The van der Waals surface area contributed by atoms with Crippen LogP contribution < -0.4 is 4.74 Å². The van der Waals surface area contributed by atoms with Crippen molar-refractivity contribution in [1.29, 1.82) is 0 Å². The fourth-order valence-electron chi connectivity index (χ4n) is 4.85. The number of rotatable bonds is 7. The van der Waals surface area contributed by atoms with Crippen molar-refractivity contribution in [2.45, 2.75) is 49.7 Å². The van der Waals surface area contributed by atoms with Crippen LogP contribution in [0.25, 0.3) is 0 Å². The largest absolute Gasteiger partial charge is 0.491 e. The zero-order valence-corrected chi connectivity index (χ0v) is 20.6. The summed E-state index contributed by atoms with van der Waals surface area (Å²) in [6, 6.07) is 17.5. The second-order valence-electron chi connectivity index (χ2n) is 9.34. The summed E-state index contributed by atoms with van der Waals surface area (Å²) >= 11 is 6.44. The molecule has 1 fully saturated rings. The Morgan fingerprint density at radius 2 is 1.76 bits per heavy atom. The van der Waals surface area contributed by atoms with Gasteiger partial charge in [0.05, 0.1) is 13.2 Å². The van der Waals surface area contributed by atoms with E-state index in [1.165, 1.54) is 6.07 Å². The van der Waals surface area contributed by atoms with Gasteiger partial charge in [-0.2, -0.15) is 0 Å². The van der Waals surface area contributed by atoms with E-state index in [0.717, 1.165) is 16.7 Å². The highest BCUT2D eigenvalue weighted by Gasteiger charge is 2.44. The molecular formula is C28H28ClFO7. The molecule has 0 aromatic heterocycles. The number of hydrogen-bond donors (Lipinski definition) is 4. The molecule has 9 heteroatoms. The molecule has 3 aromatic carbocycles. The summed E-state index contributed by atoms with van der Waals surface area (Å²) in [5.41, 5.74) is 3.69. The molecule has 0 saturated carbocycles. The summed E-state index contributed by atoms with van der Waals surface area (Å²) in [4.78, 5) is 0. The predicted octanol–water partition coefficient (Wildman–Crippen LogP) is 3.24. The molecule has 0 spiro atoms. The fraction of sp³-hybridized carbons (Fsp3) is 0.357. The molecule has 2 aliphatic heterocycles. The first kappa shape index (κ1) is 26.1. The first-order valence-electron chi connectivity index (χ1n) is 12.0. The Morgan fingerprint density at radius 1 is 0.973 bits per heavy atom. The number of halogens is 2. The molecule has 0 amide bonds. The molecule has 37 heavy (non-hydrogen) atoms. The number of aliphatic hydroxyl groups excluding tert-OH is 4. The van der Waals surface area contributed by atoms with Crippen LogP contribution in [0.15, 0.2) is 60.7 Å². The van der Waals surface area contributed by atoms with Crippen LogP contribution in [0.2, 0.25) is 5.02 Å². The minimum Gasteiger partial charge on any atom is -0.491 e. The lowest BCUT2D eigenvalue weighted by Gasteiger charge is -2.40. The molecular weight excluding hydrogens is 503 g/mol. The van der Waals surface area contributed by atoms with Crippen molar-refractivity contribution in [3.8, 4) is 5.75 Å². The average Bonchev–Trinajstić information content (AvgIpc) is 3.33. The second kappa shape index (κ2) is 11.0.